The van der Waals surface area contributed by atoms with Crippen LogP contribution in [0, 0.1) is 0 Å². The monoisotopic (exact) mass is 261 g/mol. The topological polar surface area (TPSA) is 50.2 Å². The van der Waals surface area contributed by atoms with Crippen molar-refractivity contribution in [2.45, 2.75) is 28.9 Å². The van der Waals surface area contributed by atoms with Crippen molar-refractivity contribution in [3.05, 3.63) is 36.7 Å². The zero-order valence-electron chi connectivity index (χ0n) is 10.1. The lowest BCUT2D eigenvalue weighted by molar-refractivity contribution is -0.142. The van der Waals surface area contributed by atoms with E-state index in [-0.39, 0.29) is 0 Å². The lowest BCUT2D eigenvalue weighted by atomic mass is 9.84. The lowest BCUT2D eigenvalue weighted by Gasteiger charge is -2.37. The van der Waals surface area contributed by atoms with Gasteiger partial charge in [0.1, 0.15) is 4.75 Å². The Morgan fingerprint density at radius 2 is 2.17 bits per heavy atom. The molecule has 4 heteroatoms. The number of hydrogen-bond donors (Lipinski definition) is 1. The molecule has 0 aromatic carbocycles. The number of carbonyl (C=O) groups is 1. The molecular formula is C14H15NO2S. The Labute approximate surface area is 111 Å². The standard InChI is InChI=1S/C14H15NO2S/c1-3-10-11(4-2)15-9-6-12(10)18-14(13(16)17)7-5-8-14/h3-4,6,9H,1-2,5,7-8H2,(H,16,17). The molecular weight excluding hydrogens is 246 g/mol. The van der Waals surface area contributed by atoms with E-state index in [1.54, 1.807) is 18.3 Å². The molecule has 1 aliphatic rings. The van der Waals surface area contributed by atoms with E-state index in [4.69, 9.17) is 0 Å². The highest BCUT2D eigenvalue weighted by atomic mass is 32.2. The Morgan fingerprint density at radius 1 is 1.44 bits per heavy atom. The molecule has 0 amide bonds. The van der Waals surface area contributed by atoms with Crippen molar-refractivity contribution in [2.24, 2.45) is 0 Å². The van der Waals surface area contributed by atoms with Gasteiger partial charge in [0.2, 0.25) is 0 Å². The maximum Gasteiger partial charge on any atom is 0.320 e. The molecule has 1 fully saturated rings. The smallest absolute Gasteiger partial charge is 0.320 e. The van der Waals surface area contributed by atoms with Gasteiger partial charge in [0.25, 0.3) is 0 Å². The van der Waals surface area contributed by atoms with Crippen LogP contribution in [0.5, 0.6) is 0 Å². The summed E-state index contributed by atoms with van der Waals surface area (Å²) in [5.41, 5.74) is 1.61. The van der Waals surface area contributed by atoms with Crippen LogP contribution in [0.25, 0.3) is 12.2 Å². The normalized spacial score (nSPS) is 16.7. The summed E-state index contributed by atoms with van der Waals surface area (Å²) in [5, 5.41) is 9.35. The Balaban J connectivity index is 2.37. The first-order chi connectivity index (χ1) is 8.63. The highest BCUT2D eigenvalue weighted by molar-refractivity contribution is 8.01. The van der Waals surface area contributed by atoms with Crippen LogP contribution in [0.4, 0.5) is 0 Å². The first kappa shape index (κ1) is 12.9. The molecule has 1 aromatic rings. The summed E-state index contributed by atoms with van der Waals surface area (Å²) in [5.74, 6) is -0.731. The van der Waals surface area contributed by atoms with Crippen LogP contribution < -0.4 is 0 Å². The number of hydrogen-bond acceptors (Lipinski definition) is 3. The van der Waals surface area contributed by atoms with Gasteiger partial charge in [-0.2, -0.15) is 0 Å². The number of aliphatic carboxylic acids is 1. The van der Waals surface area contributed by atoms with Gasteiger partial charge in [0, 0.05) is 16.7 Å². The molecule has 18 heavy (non-hydrogen) atoms. The van der Waals surface area contributed by atoms with Crippen molar-refractivity contribution in [3.8, 4) is 0 Å². The van der Waals surface area contributed by atoms with E-state index in [0.717, 1.165) is 35.4 Å². The molecule has 0 spiro atoms. The van der Waals surface area contributed by atoms with Crippen molar-refractivity contribution in [1.29, 1.82) is 0 Å². The van der Waals surface area contributed by atoms with Gasteiger partial charge in [-0.15, -0.1) is 11.8 Å². The summed E-state index contributed by atoms with van der Waals surface area (Å²) in [6.07, 6.45) is 7.46. The first-order valence-corrected chi connectivity index (χ1v) is 6.61. The second-order valence-corrected chi connectivity index (χ2v) is 5.70. The number of carboxylic acid groups (broad SMARTS) is 1. The van der Waals surface area contributed by atoms with Crippen molar-refractivity contribution in [3.63, 3.8) is 0 Å². The van der Waals surface area contributed by atoms with E-state index in [9.17, 15) is 9.90 Å². The SMILES string of the molecule is C=Cc1nccc(SC2(C(=O)O)CCC2)c1C=C. The van der Waals surface area contributed by atoms with Gasteiger partial charge >= 0.3 is 5.97 Å². The van der Waals surface area contributed by atoms with Gasteiger partial charge in [-0.3, -0.25) is 9.78 Å². The highest BCUT2D eigenvalue weighted by Crippen LogP contribution is 2.48. The third-order valence-corrected chi connectivity index (χ3v) is 4.78. The molecule has 2 rings (SSSR count). The molecule has 94 valence electrons. The van der Waals surface area contributed by atoms with Crippen molar-refractivity contribution >= 4 is 29.9 Å². The Morgan fingerprint density at radius 3 is 2.61 bits per heavy atom. The largest absolute Gasteiger partial charge is 0.480 e. The molecule has 0 aliphatic heterocycles. The third kappa shape index (κ3) is 2.08. The van der Waals surface area contributed by atoms with Crippen LogP contribution in [-0.4, -0.2) is 20.8 Å². The zero-order chi connectivity index (χ0) is 13.2. The fraction of sp³-hybridized carbons (Fsp3) is 0.286. The maximum absolute atomic E-state index is 11.4. The number of nitrogens with zero attached hydrogens (tertiary/aromatic N) is 1. The summed E-state index contributed by atoms with van der Waals surface area (Å²) < 4.78 is -0.669. The van der Waals surface area contributed by atoms with E-state index in [2.05, 4.69) is 18.1 Å². The second-order valence-electron chi connectivity index (χ2n) is 4.27. The average molecular weight is 261 g/mol. The minimum absolute atomic E-state index is 0.669. The minimum Gasteiger partial charge on any atom is -0.480 e. The molecule has 1 heterocycles. The molecule has 0 unspecified atom stereocenters. The fourth-order valence-electron chi connectivity index (χ4n) is 2.00. The molecule has 3 nitrogen and oxygen atoms in total. The van der Waals surface area contributed by atoms with Gasteiger partial charge in [-0.05, 0) is 31.4 Å². The molecule has 1 saturated carbocycles. The third-order valence-electron chi connectivity index (χ3n) is 3.23. The molecule has 0 saturated heterocycles. The predicted molar refractivity (Wildman–Crippen MR) is 74.5 cm³/mol. The Kier molecular flexibility index (Phi) is 3.57. The molecule has 1 aromatic heterocycles. The van der Waals surface area contributed by atoms with Gasteiger partial charge in [-0.25, -0.2) is 0 Å². The van der Waals surface area contributed by atoms with E-state index in [0.29, 0.717) is 0 Å². The van der Waals surface area contributed by atoms with Crippen LogP contribution in [0.2, 0.25) is 0 Å². The summed E-state index contributed by atoms with van der Waals surface area (Å²) in [6, 6.07) is 1.84. The predicted octanol–water partition coefficient (Wildman–Crippen LogP) is 3.47. The molecule has 0 atom stereocenters. The number of rotatable bonds is 5. The van der Waals surface area contributed by atoms with Gasteiger partial charge in [-0.1, -0.05) is 19.2 Å². The molecule has 0 radical (unpaired) electrons. The quantitative estimate of drug-likeness (QED) is 0.881. The van der Waals surface area contributed by atoms with E-state index < -0.39 is 10.7 Å². The van der Waals surface area contributed by atoms with E-state index in [1.807, 2.05) is 6.07 Å². The van der Waals surface area contributed by atoms with Gasteiger partial charge in [0.05, 0.1) is 5.69 Å². The molecule has 0 bridgehead atoms. The second kappa shape index (κ2) is 4.98. The maximum atomic E-state index is 11.4. The Hall–Kier alpha value is -1.55. The molecule has 1 aliphatic carbocycles. The van der Waals surface area contributed by atoms with Crippen molar-refractivity contribution < 1.29 is 9.90 Å². The zero-order valence-corrected chi connectivity index (χ0v) is 10.9. The summed E-state index contributed by atoms with van der Waals surface area (Å²) in [7, 11) is 0. The Bertz CT molecular complexity index is 507. The highest BCUT2D eigenvalue weighted by Gasteiger charge is 2.45. The van der Waals surface area contributed by atoms with E-state index in [1.165, 1.54) is 11.8 Å². The summed E-state index contributed by atoms with van der Waals surface area (Å²) in [4.78, 5) is 16.5. The van der Waals surface area contributed by atoms with Crippen LogP contribution in [0.15, 0.2) is 30.3 Å². The van der Waals surface area contributed by atoms with Crippen LogP contribution in [0.1, 0.15) is 30.5 Å². The number of aromatic nitrogens is 1. The fourth-order valence-corrected chi connectivity index (χ4v) is 3.42. The number of thioether (sulfide) groups is 1. The number of carboxylic acids is 1. The number of pyridine rings is 1. The minimum atomic E-state index is -0.731. The van der Waals surface area contributed by atoms with Crippen molar-refractivity contribution in [2.75, 3.05) is 0 Å². The van der Waals surface area contributed by atoms with Gasteiger partial charge < -0.3 is 5.11 Å². The van der Waals surface area contributed by atoms with Crippen molar-refractivity contribution in [1.82, 2.24) is 4.98 Å². The van der Waals surface area contributed by atoms with Crippen LogP contribution in [-0.2, 0) is 4.79 Å². The summed E-state index contributed by atoms with van der Waals surface area (Å²) >= 11 is 1.41. The molecule has 1 N–H and O–H groups in total. The summed E-state index contributed by atoms with van der Waals surface area (Å²) in [6.45, 7) is 7.48. The van der Waals surface area contributed by atoms with E-state index >= 15 is 0 Å². The van der Waals surface area contributed by atoms with Crippen LogP contribution in [0.3, 0.4) is 0 Å². The van der Waals surface area contributed by atoms with Gasteiger partial charge in [0.15, 0.2) is 0 Å². The average Bonchev–Trinajstić information content (AvgIpc) is 2.32. The lowest BCUT2D eigenvalue weighted by Crippen LogP contribution is -2.41. The van der Waals surface area contributed by atoms with Crippen LogP contribution >= 0.6 is 11.8 Å². The first-order valence-electron chi connectivity index (χ1n) is 5.79.